The zero-order chi connectivity index (χ0) is 23.5. The molecule has 174 valence electrons. The molecule has 2 heterocycles. The van der Waals surface area contributed by atoms with Crippen molar-refractivity contribution in [3.63, 3.8) is 0 Å². The molecule has 2 aromatic carbocycles. The number of fused-ring (bicyclic) bond motifs is 1. The third-order valence-corrected chi connectivity index (χ3v) is 7.40. The lowest BCUT2D eigenvalue weighted by atomic mass is 9.95. The fourth-order valence-corrected chi connectivity index (χ4v) is 5.44. The Morgan fingerprint density at radius 1 is 1.03 bits per heavy atom. The van der Waals surface area contributed by atoms with Crippen LogP contribution in [0.3, 0.4) is 0 Å². The molecule has 2 aromatic rings. The van der Waals surface area contributed by atoms with E-state index in [4.69, 9.17) is 0 Å². The maximum Gasteiger partial charge on any atom is 0.327 e. The molecule has 4 unspecified atom stereocenters. The minimum atomic E-state index is -0.523. The van der Waals surface area contributed by atoms with E-state index in [2.05, 4.69) is 16.0 Å². The average molecular weight is 468 g/mol. The molecule has 0 radical (unpaired) electrons. The minimum Gasteiger partial charge on any atom is -0.351 e. The number of rotatable bonds is 6. The van der Waals surface area contributed by atoms with Crippen molar-refractivity contribution >= 4 is 29.6 Å². The summed E-state index contributed by atoms with van der Waals surface area (Å²) < 4.78 is 0. The van der Waals surface area contributed by atoms with Crippen LogP contribution in [0.1, 0.15) is 22.9 Å². The number of amides is 4. The maximum atomic E-state index is 13.1. The Labute approximate surface area is 198 Å². The molecule has 2 aliphatic rings. The first-order valence-electron chi connectivity index (χ1n) is 10.9. The first-order valence-corrected chi connectivity index (χ1v) is 12.0. The van der Waals surface area contributed by atoms with Crippen molar-refractivity contribution in [3.8, 4) is 0 Å². The Kier molecular flexibility index (Phi) is 7.02. The van der Waals surface area contributed by atoms with Crippen LogP contribution < -0.4 is 16.0 Å². The molecule has 4 amide bonds. The molecule has 0 aromatic heterocycles. The van der Waals surface area contributed by atoms with Crippen molar-refractivity contribution in [1.82, 2.24) is 25.8 Å². The second-order valence-electron chi connectivity index (χ2n) is 8.38. The molecule has 9 heteroatoms. The Hall–Kier alpha value is -2.88. The fourth-order valence-electron chi connectivity index (χ4n) is 4.30. The van der Waals surface area contributed by atoms with Gasteiger partial charge in [0.25, 0.3) is 0 Å². The average Bonchev–Trinajstić information content (AvgIpc) is 2.84. The molecule has 4 rings (SSSR count). The van der Waals surface area contributed by atoms with E-state index in [-0.39, 0.29) is 35.1 Å². The lowest BCUT2D eigenvalue weighted by Gasteiger charge is -2.50. The zero-order valence-electron chi connectivity index (χ0n) is 18.9. The van der Waals surface area contributed by atoms with Crippen molar-refractivity contribution in [2.45, 2.75) is 31.2 Å². The molecule has 33 heavy (non-hydrogen) atoms. The van der Waals surface area contributed by atoms with Crippen LogP contribution in [0.2, 0.25) is 0 Å². The van der Waals surface area contributed by atoms with E-state index in [0.29, 0.717) is 6.54 Å². The molecule has 8 nitrogen and oxygen atoms in total. The second kappa shape index (κ2) is 9.94. The highest BCUT2D eigenvalue weighted by molar-refractivity contribution is 8.00. The van der Waals surface area contributed by atoms with E-state index in [9.17, 15) is 14.4 Å². The van der Waals surface area contributed by atoms with Gasteiger partial charge in [0.2, 0.25) is 11.8 Å². The van der Waals surface area contributed by atoms with Gasteiger partial charge in [0.1, 0.15) is 0 Å². The van der Waals surface area contributed by atoms with Crippen LogP contribution in [-0.2, 0) is 16.1 Å². The van der Waals surface area contributed by atoms with Gasteiger partial charge in [-0.2, -0.15) is 0 Å². The topological polar surface area (TPSA) is 93.8 Å². The molecule has 2 aliphatic heterocycles. The number of carbonyl (C=O) groups is 3. The number of carbonyl (C=O) groups excluding carboxylic acids is 3. The Morgan fingerprint density at radius 3 is 2.45 bits per heavy atom. The van der Waals surface area contributed by atoms with E-state index in [1.54, 1.807) is 11.9 Å². The molecule has 2 saturated heterocycles. The number of nitrogens with zero attached hydrogens (tertiary/aromatic N) is 2. The van der Waals surface area contributed by atoms with E-state index in [1.165, 1.54) is 18.8 Å². The Bertz CT molecular complexity index is 1030. The number of nitrogens with one attached hydrogen (secondary N) is 3. The predicted octanol–water partition coefficient (Wildman–Crippen LogP) is 2.03. The lowest BCUT2D eigenvalue weighted by Crippen LogP contribution is -2.72. The highest BCUT2D eigenvalue weighted by Crippen LogP contribution is 2.34. The summed E-state index contributed by atoms with van der Waals surface area (Å²) in [5.74, 6) is -0.685. The molecule has 0 aliphatic carbocycles. The Balaban J connectivity index is 1.50. The maximum absolute atomic E-state index is 13.1. The van der Waals surface area contributed by atoms with Crippen LogP contribution in [0.4, 0.5) is 4.79 Å². The van der Waals surface area contributed by atoms with Gasteiger partial charge in [0.05, 0.1) is 29.4 Å². The summed E-state index contributed by atoms with van der Waals surface area (Å²) in [6, 6.07) is 17.4. The summed E-state index contributed by atoms with van der Waals surface area (Å²) in [5.41, 5.74) is 3.17. The van der Waals surface area contributed by atoms with Gasteiger partial charge < -0.3 is 10.2 Å². The number of hydrogen-bond donors (Lipinski definition) is 3. The van der Waals surface area contributed by atoms with Crippen molar-refractivity contribution in [2.24, 2.45) is 5.92 Å². The van der Waals surface area contributed by atoms with Crippen molar-refractivity contribution in [1.29, 1.82) is 0 Å². The van der Waals surface area contributed by atoms with Gasteiger partial charge in [-0.3, -0.25) is 25.1 Å². The fraction of sp³-hybridized carbons (Fsp3) is 0.375. The van der Waals surface area contributed by atoms with E-state index in [1.807, 2.05) is 61.5 Å². The number of benzene rings is 2. The highest BCUT2D eigenvalue weighted by Gasteiger charge is 2.51. The number of hydrogen-bond acceptors (Lipinski definition) is 6. The number of imide groups is 1. The van der Waals surface area contributed by atoms with E-state index in [0.717, 1.165) is 21.6 Å². The molecular weight excluding hydrogens is 438 g/mol. The van der Waals surface area contributed by atoms with E-state index < -0.39 is 12.1 Å². The largest absolute Gasteiger partial charge is 0.351 e. The monoisotopic (exact) mass is 467 g/mol. The third kappa shape index (κ3) is 4.90. The summed E-state index contributed by atoms with van der Waals surface area (Å²) in [6.07, 6.45) is -0.735. The van der Waals surface area contributed by atoms with Crippen molar-refractivity contribution in [2.75, 3.05) is 19.8 Å². The van der Waals surface area contributed by atoms with Gasteiger partial charge >= 0.3 is 6.03 Å². The van der Waals surface area contributed by atoms with Gasteiger partial charge in [-0.1, -0.05) is 54.6 Å². The molecule has 4 atom stereocenters. The van der Waals surface area contributed by atoms with E-state index >= 15 is 0 Å². The first-order chi connectivity index (χ1) is 15.9. The van der Waals surface area contributed by atoms with Gasteiger partial charge in [0, 0.05) is 20.6 Å². The zero-order valence-corrected chi connectivity index (χ0v) is 19.8. The minimum absolute atomic E-state index is 0.103. The summed E-state index contributed by atoms with van der Waals surface area (Å²) in [6.45, 7) is 2.48. The predicted molar refractivity (Wildman–Crippen MR) is 128 cm³/mol. The van der Waals surface area contributed by atoms with Crippen LogP contribution in [0.5, 0.6) is 0 Å². The smallest absolute Gasteiger partial charge is 0.327 e. The first kappa shape index (κ1) is 23.3. The standard InChI is InChI=1S/C24H29N5O3S/c1-15-9-7-8-12-17(15)20-26-21-19(23(31)29(3)24(32)28(21)2)22(27-20)33-14-18(30)25-13-16-10-5-4-6-11-16/h4-12,19-22,26-27H,13-14H2,1-3H3,(H,25,30). The number of thioether (sulfide) groups is 1. The highest BCUT2D eigenvalue weighted by atomic mass is 32.2. The molecule has 0 spiro atoms. The number of urea groups is 1. The summed E-state index contributed by atoms with van der Waals surface area (Å²) >= 11 is 1.39. The molecule has 3 N–H and O–H groups in total. The van der Waals surface area contributed by atoms with Crippen LogP contribution in [-0.4, -0.2) is 59.0 Å². The van der Waals surface area contributed by atoms with Crippen LogP contribution in [0.25, 0.3) is 0 Å². The number of aryl methyl sites for hydroxylation is 1. The second-order valence-corrected chi connectivity index (χ2v) is 9.51. The summed E-state index contributed by atoms with van der Waals surface area (Å²) in [7, 11) is 3.20. The molecule has 0 saturated carbocycles. The quantitative estimate of drug-likeness (QED) is 0.602. The molecular formula is C24H29N5O3S. The molecule has 2 fully saturated rings. The molecule has 0 bridgehead atoms. The van der Waals surface area contributed by atoms with Crippen LogP contribution >= 0.6 is 11.8 Å². The van der Waals surface area contributed by atoms with Gasteiger partial charge in [-0.25, -0.2) is 4.79 Å². The van der Waals surface area contributed by atoms with Crippen LogP contribution in [0, 0.1) is 12.8 Å². The van der Waals surface area contributed by atoms with Crippen molar-refractivity contribution in [3.05, 3.63) is 71.3 Å². The van der Waals surface area contributed by atoms with Gasteiger partial charge in [-0.05, 0) is 23.6 Å². The summed E-state index contributed by atoms with van der Waals surface area (Å²) in [5, 5.41) is 9.53. The normalized spacial score (nSPS) is 25.1. The van der Waals surface area contributed by atoms with Crippen molar-refractivity contribution < 1.29 is 14.4 Å². The SMILES string of the molecule is Cc1ccccc1C1NC(SCC(=O)NCc2ccccc2)C2C(=O)N(C)C(=O)N(C)C2N1. The Morgan fingerprint density at radius 2 is 1.73 bits per heavy atom. The van der Waals surface area contributed by atoms with Crippen LogP contribution in [0.15, 0.2) is 54.6 Å². The summed E-state index contributed by atoms with van der Waals surface area (Å²) in [4.78, 5) is 40.9. The third-order valence-electron chi connectivity index (χ3n) is 6.18. The lowest BCUT2D eigenvalue weighted by molar-refractivity contribution is -0.140. The van der Waals surface area contributed by atoms with Gasteiger partial charge in [0.15, 0.2) is 0 Å². The van der Waals surface area contributed by atoms with Gasteiger partial charge in [-0.15, -0.1) is 11.8 Å².